The van der Waals surface area contributed by atoms with E-state index in [4.69, 9.17) is 0 Å². The van der Waals surface area contributed by atoms with Crippen LogP contribution < -0.4 is 5.32 Å². The zero-order chi connectivity index (χ0) is 13.7. The molecule has 0 aliphatic rings. The summed E-state index contributed by atoms with van der Waals surface area (Å²) >= 11 is 1.68. The standard InChI is InChI=1S/C15H14FNOS/c1-19-14-8-2-11(3-9-14)10-17-15(18)12-4-6-13(16)7-5-12/h2-9H,10H2,1H3,(H,17,18). The number of halogens is 1. The molecule has 4 heteroatoms. The van der Waals surface area contributed by atoms with E-state index in [1.54, 1.807) is 11.8 Å². The Balaban J connectivity index is 1.94. The van der Waals surface area contributed by atoms with Crippen molar-refractivity contribution in [2.75, 3.05) is 6.26 Å². The lowest BCUT2D eigenvalue weighted by Gasteiger charge is -2.06. The van der Waals surface area contributed by atoms with Crippen molar-refractivity contribution in [3.63, 3.8) is 0 Å². The molecule has 2 aromatic rings. The number of thioether (sulfide) groups is 1. The number of hydrogen-bond acceptors (Lipinski definition) is 2. The van der Waals surface area contributed by atoms with Gasteiger partial charge in [0.05, 0.1) is 0 Å². The first kappa shape index (κ1) is 13.6. The molecule has 98 valence electrons. The van der Waals surface area contributed by atoms with Crippen molar-refractivity contribution in [2.45, 2.75) is 11.4 Å². The Kier molecular flexibility index (Phi) is 4.58. The third-order valence-electron chi connectivity index (χ3n) is 2.72. The van der Waals surface area contributed by atoms with Gasteiger partial charge >= 0.3 is 0 Å². The Hall–Kier alpha value is -1.81. The molecule has 0 heterocycles. The van der Waals surface area contributed by atoms with Crippen LogP contribution in [-0.2, 0) is 6.54 Å². The second-order valence-electron chi connectivity index (χ2n) is 4.04. The van der Waals surface area contributed by atoms with E-state index in [0.29, 0.717) is 12.1 Å². The minimum atomic E-state index is -0.343. The molecular weight excluding hydrogens is 261 g/mol. The quantitative estimate of drug-likeness (QED) is 0.866. The van der Waals surface area contributed by atoms with E-state index >= 15 is 0 Å². The van der Waals surface area contributed by atoms with Crippen molar-refractivity contribution in [2.24, 2.45) is 0 Å². The van der Waals surface area contributed by atoms with Crippen LogP contribution in [0.4, 0.5) is 4.39 Å². The molecule has 0 fully saturated rings. The molecule has 0 saturated heterocycles. The van der Waals surface area contributed by atoms with Crippen LogP contribution in [0.25, 0.3) is 0 Å². The SMILES string of the molecule is CSc1ccc(CNC(=O)c2ccc(F)cc2)cc1. The molecule has 0 spiro atoms. The Morgan fingerprint density at radius 2 is 1.74 bits per heavy atom. The Morgan fingerprint density at radius 3 is 2.32 bits per heavy atom. The fourth-order valence-electron chi connectivity index (χ4n) is 1.63. The molecule has 2 rings (SSSR count). The van der Waals surface area contributed by atoms with E-state index < -0.39 is 0 Å². The second kappa shape index (κ2) is 6.38. The van der Waals surface area contributed by atoms with Crippen LogP contribution in [0, 0.1) is 5.82 Å². The number of rotatable bonds is 4. The molecule has 1 N–H and O–H groups in total. The van der Waals surface area contributed by atoms with Gasteiger partial charge < -0.3 is 5.32 Å². The predicted molar refractivity (Wildman–Crippen MR) is 75.8 cm³/mol. The van der Waals surface area contributed by atoms with Gasteiger partial charge in [-0.2, -0.15) is 0 Å². The highest BCUT2D eigenvalue weighted by Gasteiger charge is 2.05. The van der Waals surface area contributed by atoms with Gasteiger partial charge in [-0.05, 0) is 48.2 Å². The summed E-state index contributed by atoms with van der Waals surface area (Å²) in [5.74, 6) is -0.543. The normalized spacial score (nSPS) is 10.2. The molecule has 0 bridgehead atoms. The summed E-state index contributed by atoms with van der Waals surface area (Å²) in [5, 5.41) is 2.80. The van der Waals surface area contributed by atoms with Crippen LogP contribution in [0.5, 0.6) is 0 Å². The van der Waals surface area contributed by atoms with Gasteiger partial charge in [-0.3, -0.25) is 4.79 Å². The van der Waals surface area contributed by atoms with Gasteiger partial charge in [-0.15, -0.1) is 11.8 Å². The highest BCUT2D eigenvalue weighted by atomic mass is 32.2. The molecule has 0 unspecified atom stereocenters. The number of carbonyl (C=O) groups is 1. The Morgan fingerprint density at radius 1 is 1.11 bits per heavy atom. The summed E-state index contributed by atoms with van der Waals surface area (Å²) in [6.07, 6.45) is 2.02. The highest BCUT2D eigenvalue weighted by Crippen LogP contribution is 2.14. The smallest absolute Gasteiger partial charge is 0.251 e. The first-order valence-electron chi connectivity index (χ1n) is 5.86. The van der Waals surface area contributed by atoms with Crippen molar-refractivity contribution in [1.29, 1.82) is 0 Å². The highest BCUT2D eigenvalue weighted by molar-refractivity contribution is 7.98. The van der Waals surface area contributed by atoms with Crippen LogP contribution >= 0.6 is 11.8 Å². The van der Waals surface area contributed by atoms with Gasteiger partial charge in [0, 0.05) is 17.0 Å². The van der Waals surface area contributed by atoms with Gasteiger partial charge in [-0.25, -0.2) is 4.39 Å². The largest absolute Gasteiger partial charge is 0.348 e. The maximum Gasteiger partial charge on any atom is 0.251 e. The third-order valence-corrected chi connectivity index (χ3v) is 3.46. The first-order chi connectivity index (χ1) is 9.19. The monoisotopic (exact) mass is 275 g/mol. The van der Waals surface area contributed by atoms with Crippen molar-refractivity contribution < 1.29 is 9.18 Å². The zero-order valence-corrected chi connectivity index (χ0v) is 11.3. The van der Waals surface area contributed by atoms with Crippen LogP contribution in [-0.4, -0.2) is 12.2 Å². The summed E-state index contributed by atoms with van der Waals surface area (Å²) < 4.78 is 12.7. The van der Waals surface area contributed by atoms with Gasteiger partial charge in [0.15, 0.2) is 0 Å². The van der Waals surface area contributed by atoms with Crippen molar-refractivity contribution in [3.05, 3.63) is 65.5 Å². The lowest BCUT2D eigenvalue weighted by molar-refractivity contribution is 0.0951. The van der Waals surface area contributed by atoms with E-state index in [9.17, 15) is 9.18 Å². The van der Waals surface area contributed by atoms with Crippen LogP contribution in [0.2, 0.25) is 0 Å². The molecule has 0 radical (unpaired) electrons. The lowest BCUT2D eigenvalue weighted by Crippen LogP contribution is -2.22. The predicted octanol–water partition coefficient (Wildman–Crippen LogP) is 3.48. The average Bonchev–Trinajstić information content (AvgIpc) is 2.46. The van der Waals surface area contributed by atoms with Crippen LogP contribution in [0.1, 0.15) is 15.9 Å². The zero-order valence-electron chi connectivity index (χ0n) is 10.5. The molecule has 0 aliphatic heterocycles. The molecule has 0 saturated carbocycles. The Labute approximate surface area is 116 Å². The third kappa shape index (κ3) is 3.83. The fourth-order valence-corrected chi connectivity index (χ4v) is 2.04. The number of benzene rings is 2. The number of nitrogens with one attached hydrogen (secondary N) is 1. The van der Waals surface area contributed by atoms with E-state index in [-0.39, 0.29) is 11.7 Å². The molecule has 2 aromatic carbocycles. The molecule has 0 aromatic heterocycles. The van der Waals surface area contributed by atoms with Gasteiger partial charge in [0.25, 0.3) is 5.91 Å². The lowest BCUT2D eigenvalue weighted by atomic mass is 10.2. The minimum absolute atomic E-state index is 0.200. The Bertz CT molecular complexity index is 551. The molecule has 19 heavy (non-hydrogen) atoms. The van der Waals surface area contributed by atoms with Crippen LogP contribution in [0.3, 0.4) is 0 Å². The summed E-state index contributed by atoms with van der Waals surface area (Å²) in [6.45, 7) is 0.463. The van der Waals surface area contributed by atoms with Crippen molar-refractivity contribution in [1.82, 2.24) is 5.32 Å². The summed E-state index contributed by atoms with van der Waals surface area (Å²) in [7, 11) is 0. The fraction of sp³-hybridized carbons (Fsp3) is 0.133. The van der Waals surface area contributed by atoms with Gasteiger partial charge in [0.1, 0.15) is 5.82 Å². The molecular formula is C15H14FNOS. The maximum atomic E-state index is 12.7. The molecule has 1 amide bonds. The van der Waals surface area contributed by atoms with E-state index in [2.05, 4.69) is 5.32 Å². The number of hydrogen-bond donors (Lipinski definition) is 1. The van der Waals surface area contributed by atoms with Gasteiger partial charge in [-0.1, -0.05) is 12.1 Å². The minimum Gasteiger partial charge on any atom is -0.348 e. The molecule has 0 atom stereocenters. The topological polar surface area (TPSA) is 29.1 Å². The van der Waals surface area contributed by atoms with Crippen LogP contribution in [0.15, 0.2) is 53.4 Å². The van der Waals surface area contributed by atoms with E-state index in [0.717, 1.165) is 5.56 Å². The van der Waals surface area contributed by atoms with Gasteiger partial charge in [0.2, 0.25) is 0 Å². The van der Waals surface area contributed by atoms with Crippen molar-refractivity contribution in [3.8, 4) is 0 Å². The summed E-state index contributed by atoms with van der Waals surface area (Å²) in [6, 6.07) is 13.5. The molecule has 2 nitrogen and oxygen atoms in total. The average molecular weight is 275 g/mol. The first-order valence-corrected chi connectivity index (χ1v) is 7.08. The molecule has 0 aliphatic carbocycles. The van der Waals surface area contributed by atoms with E-state index in [1.807, 2.05) is 30.5 Å². The summed E-state index contributed by atoms with van der Waals surface area (Å²) in [5.41, 5.74) is 1.50. The summed E-state index contributed by atoms with van der Waals surface area (Å²) in [4.78, 5) is 13.0. The van der Waals surface area contributed by atoms with Crippen molar-refractivity contribution >= 4 is 17.7 Å². The maximum absolute atomic E-state index is 12.7. The second-order valence-corrected chi connectivity index (χ2v) is 4.92. The number of carbonyl (C=O) groups excluding carboxylic acids is 1. The van der Waals surface area contributed by atoms with E-state index in [1.165, 1.54) is 29.2 Å². The number of amides is 1.